The van der Waals surface area contributed by atoms with Crippen molar-refractivity contribution in [3.8, 4) is 6.07 Å². The number of hydrogen-bond donors (Lipinski definition) is 0. The predicted molar refractivity (Wildman–Crippen MR) is 114 cm³/mol. The first kappa shape index (κ1) is 19.9. The van der Waals surface area contributed by atoms with Crippen LogP contribution in [0.25, 0.3) is 4.85 Å². The molecule has 0 spiro atoms. The van der Waals surface area contributed by atoms with E-state index in [-0.39, 0.29) is 5.70 Å². The summed E-state index contributed by atoms with van der Waals surface area (Å²) in [5, 5.41) is 9.58. The lowest BCUT2D eigenvalue weighted by atomic mass is 10.0. The van der Waals surface area contributed by atoms with E-state index >= 15 is 0 Å². The SMILES string of the molecule is [C-]#[N+]C(C#N)=C1N(CCCN2CCSCC2)CCN1C1CCN(C2CC2)CC1. The molecule has 3 heterocycles. The molecule has 0 N–H and O–H groups in total. The third-order valence-electron chi connectivity index (χ3n) is 6.62. The van der Waals surface area contributed by atoms with Gasteiger partial charge >= 0.3 is 5.70 Å². The zero-order valence-corrected chi connectivity index (χ0v) is 17.7. The Morgan fingerprint density at radius 3 is 2.39 bits per heavy atom. The van der Waals surface area contributed by atoms with Gasteiger partial charge in [-0.25, -0.2) is 10.1 Å². The Bertz CT molecular complexity index is 631. The van der Waals surface area contributed by atoms with E-state index in [0.29, 0.717) is 6.04 Å². The Hall–Kier alpha value is -1.41. The second-order valence-electron chi connectivity index (χ2n) is 8.38. The fourth-order valence-electron chi connectivity index (χ4n) is 4.92. The minimum atomic E-state index is 0.288. The van der Waals surface area contributed by atoms with Crippen LogP contribution >= 0.6 is 11.8 Å². The molecule has 0 bridgehead atoms. The van der Waals surface area contributed by atoms with Crippen LogP contribution in [0.15, 0.2) is 11.5 Å². The van der Waals surface area contributed by atoms with Crippen LogP contribution in [0.3, 0.4) is 0 Å². The number of thioether (sulfide) groups is 1. The van der Waals surface area contributed by atoms with E-state index in [1.165, 1.54) is 50.5 Å². The van der Waals surface area contributed by atoms with Gasteiger partial charge in [0.05, 0.1) is 12.6 Å². The van der Waals surface area contributed by atoms with Crippen molar-refractivity contribution in [3.63, 3.8) is 0 Å². The zero-order chi connectivity index (χ0) is 19.3. The molecule has 4 fully saturated rings. The zero-order valence-electron chi connectivity index (χ0n) is 16.9. The average Bonchev–Trinajstić information content (AvgIpc) is 3.52. The standard InChI is InChI=1S/C21H32N6S/c1-23-20(17-22)21-26(8-2-7-24-13-15-28-16-14-24)11-12-27(21)19-5-9-25(10-6-19)18-3-4-18/h18-19H,2-16H2. The molecule has 152 valence electrons. The van der Waals surface area contributed by atoms with Gasteiger partial charge in [0.25, 0.3) is 0 Å². The molecule has 7 heteroatoms. The van der Waals surface area contributed by atoms with Crippen molar-refractivity contribution in [2.24, 2.45) is 0 Å². The Morgan fingerprint density at radius 2 is 1.75 bits per heavy atom. The van der Waals surface area contributed by atoms with Gasteiger partial charge in [-0.15, -0.1) is 0 Å². The van der Waals surface area contributed by atoms with Crippen molar-refractivity contribution in [3.05, 3.63) is 22.9 Å². The van der Waals surface area contributed by atoms with Gasteiger partial charge in [-0.3, -0.25) is 0 Å². The normalized spacial score (nSPS) is 26.9. The van der Waals surface area contributed by atoms with E-state index in [1.807, 2.05) is 0 Å². The van der Waals surface area contributed by atoms with Crippen LogP contribution in [0.1, 0.15) is 32.1 Å². The minimum absolute atomic E-state index is 0.288. The van der Waals surface area contributed by atoms with Crippen LogP contribution in [0.5, 0.6) is 0 Å². The van der Waals surface area contributed by atoms with Crippen molar-refractivity contribution in [2.45, 2.75) is 44.2 Å². The molecule has 4 aliphatic rings. The van der Waals surface area contributed by atoms with Crippen LogP contribution in [-0.4, -0.2) is 95.5 Å². The van der Waals surface area contributed by atoms with Crippen LogP contribution < -0.4 is 0 Å². The van der Waals surface area contributed by atoms with Crippen molar-refractivity contribution >= 4 is 11.8 Å². The summed E-state index contributed by atoms with van der Waals surface area (Å²) in [5.41, 5.74) is 0.288. The van der Waals surface area contributed by atoms with E-state index in [1.54, 1.807) is 0 Å². The molecule has 0 aromatic rings. The monoisotopic (exact) mass is 400 g/mol. The second kappa shape index (κ2) is 9.39. The molecule has 0 amide bonds. The molecule has 1 saturated carbocycles. The van der Waals surface area contributed by atoms with Crippen LogP contribution in [-0.2, 0) is 0 Å². The van der Waals surface area contributed by atoms with Gasteiger partial charge in [0.2, 0.25) is 0 Å². The number of piperidine rings is 1. The van der Waals surface area contributed by atoms with E-state index in [0.717, 1.165) is 57.3 Å². The number of likely N-dealkylation sites (tertiary alicyclic amines) is 1. The summed E-state index contributed by atoms with van der Waals surface area (Å²) in [4.78, 5) is 13.5. The van der Waals surface area contributed by atoms with Crippen molar-refractivity contribution in [1.82, 2.24) is 19.6 Å². The number of nitriles is 1. The van der Waals surface area contributed by atoms with Crippen molar-refractivity contribution < 1.29 is 0 Å². The second-order valence-corrected chi connectivity index (χ2v) is 9.61. The average molecular weight is 401 g/mol. The molecular weight excluding hydrogens is 368 g/mol. The van der Waals surface area contributed by atoms with E-state index in [9.17, 15) is 5.26 Å². The number of allylic oxidation sites excluding steroid dienone is 1. The fraction of sp³-hybridized carbons (Fsp3) is 0.810. The molecule has 28 heavy (non-hydrogen) atoms. The van der Waals surface area contributed by atoms with Crippen LogP contribution in [0.2, 0.25) is 0 Å². The molecule has 4 rings (SSSR count). The maximum Gasteiger partial charge on any atom is 0.300 e. The number of nitrogens with zero attached hydrogens (tertiary/aromatic N) is 6. The first-order valence-corrected chi connectivity index (χ1v) is 12.0. The smallest absolute Gasteiger partial charge is 0.300 e. The van der Waals surface area contributed by atoms with Crippen LogP contribution in [0, 0.1) is 17.9 Å². The topological polar surface area (TPSA) is 41.1 Å². The molecule has 0 atom stereocenters. The molecule has 0 aromatic carbocycles. The lowest BCUT2D eigenvalue weighted by Crippen LogP contribution is -2.44. The first-order valence-electron chi connectivity index (χ1n) is 10.9. The summed E-state index contributed by atoms with van der Waals surface area (Å²) in [6.45, 7) is 16.3. The highest BCUT2D eigenvalue weighted by Crippen LogP contribution is 2.33. The van der Waals surface area contributed by atoms with Gasteiger partial charge in [-0.05, 0) is 38.6 Å². The molecule has 0 aromatic heterocycles. The Morgan fingerprint density at radius 1 is 1.00 bits per heavy atom. The van der Waals surface area contributed by atoms with E-state index in [2.05, 4.69) is 42.3 Å². The largest absolute Gasteiger partial charge is 0.365 e. The van der Waals surface area contributed by atoms with E-state index in [4.69, 9.17) is 6.57 Å². The molecule has 0 unspecified atom stereocenters. The molecular formula is C21H32N6S. The van der Waals surface area contributed by atoms with Gasteiger partial charge in [-0.2, -0.15) is 11.8 Å². The quantitative estimate of drug-likeness (QED) is 0.503. The predicted octanol–water partition coefficient (Wildman–Crippen LogP) is 2.28. The molecule has 6 nitrogen and oxygen atoms in total. The maximum atomic E-state index is 9.58. The third kappa shape index (κ3) is 4.59. The van der Waals surface area contributed by atoms with Crippen molar-refractivity contribution in [1.29, 1.82) is 5.26 Å². The van der Waals surface area contributed by atoms with Gasteiger partial charge in [0, 0.05) is 69.4 Å². The lowest BCUT2D eigenvalue weighted by Gasteiger charge is -2.39. The highest BCUT2D eigenvalue weighted by molar-refractivity contribution is 7.99. The fourth-order valence-corrected chi connectivity index (χ4v) is 5.90. The Labute approximate surface area is 173 Å². The van der Waals surface area contributed by atoms with Gasteiger partial charge in [0.15, 0.2) is 0 Å². The Balaban J connectivity index is 1.36. The van der Waals surface area contributed by atoms with Gasteiger partial charge < -0.3 is 19.6 Å². The lowest BCUT2D eigenvalue weighted by molar-refractivity contribution is 0.133. The first-order chi connectivity index (χ1) is 13.8. The molecule has 3 aliphatic heterocycles. The molecule has 0 radical (unpaired) electrons. The number of rotatable bonds is 6. The summed E-state index contributed by atoms with van der Waals surface area (Å²) >= 11 is 2.05. The highest BCUT2D eigenvalue weighted by atomic mass is 32.2. The molecule has 3 saturated heterocycles. The van der Waals surface area contributed by atoms with E-state index < -0.39 is 0 Å². The van der Waals surface area contributed by atoms with Gasteiger partial charge in [0.1, 0.15) is 5.82 Å². The third-order valence-corrected chi connectivity index (χ3v) is 7.56. The number of hydrogen-bond acceptors (Lipinski definition) is 6. The molecule has 1 aliphatic carbocycles. The maximum absolute atomic E-state index is 9.58. The summed E-state index contributed by atoms with van der Waals surface area (Å²) in [6.07, 6.45) is 6.18. The Kier molecular flexibility index (Phi) is 6.67. The summed E-state index contributed by atoms with van der Waals surface area (Å²) in [6, 6.07) is 3.52. The van der Waals surface area contributed by atoms with Crippen LogP contribution in [0.4, 0.5) is 0 Å². The van der Waals surface area contributed by atoms with Gasteiger partial charge in [-0.1, -0.05) is 0 Å². The summed E-state index contributed by atoms with van der Waals surface area (Å²) in [7, 11) is 0. The summed E-state index contributed by atoms with van der Waals surface area (Å²) in [5.74, 6) is 3.42. The highest BCUT2D eigenvalue weighted by Gasteiger charge is 2.37. The van der Waals surface area contributed by atoms with Crippen molar-refractivity contribution in [2.75, 3.05) is 63.9 Å². The minimum Gasteiger partial charge on any atom is -0.365 e. The summed E-state index contributed by atoms with van der Waals surface area (Å²) < 4.78 is 0.